The van der Waals surface area contributed by atoms with Crippen molar-refractivity contribution in [3.05, 3.63) is 62.7 Å². The van der Waals surface area contributed by atoms with Gasteiger partial charge in [0.1, 0.15) is 5.82 Å². The monoisotopic (exact) mass is 472 g/mol. The number of pyridine rings is 2. The van der Waals surface area contributed by atoms with Gasteiger partial charge in [0.25, 0.3) is 5.56 Å². The topological polar surface area (TPSA) is 78.1 Å². The van der Waals surface area contributed by atoms with E-state index >= 15 is 0 Å². The first kappa shape index (κ1) is 22.8. The van der Waals surface area contributed by atoms with E-state index in [1.807, 2.05) is 38.1 Å². The summed E-state index contributed by atoms with van der Waals surface area (Å²) in [7, 11) is -0.698. The van der Waals surface area contributed by atoms with Gasteiger partial charge in [0, 0.05) is 80.4 Å². The molecule has 8 heteroatoms. The van der Waals surface area contributed by atoms with Crippen molar-refractivity contribution in [3.63, 3.8) is 0 Å². The van der Waals surface area contributed by atoms with Gasteiger partial charge in [0.2, 0.25) is 0 Å². The number of H-pyrrole nitrogens is 1. The van der Waals surface area contributed by atoms with Crippen LogP contribution < -0.4 is 15.8 Å². The van der Waals surface area contributed by atoms with E-state index < -0.39 is 10.8 Å². The van der Waals surface area contributed by atoms with Crippen LogP contribution in [0.25, 0.3) is 10.8 Å². The number of aromatic amines is 1. The molecule has 0 bridgehead atoms. The van der Waals surface area contributed by atoms with Crippen molar-refractivity contribution in [1.29, 1.82) is 0 Å². The van der Waals surface area contributed by atoms with E-state index in [2.05, 4.69) is 27.1 Å². The van der Waals surface area contributed by atoms with E-state index in [1.54, 1.807) is 6.20 Å². The maximum Gasteiger partial charge on any atom is 0.253 e. The van der Waals surface area contributed by atoms with Gasteiger partial charge in [-0.15, -0.1) is 0 Å². The zero-order valence-corrected chi connectivity index (χ0v) is 20.3. The number of nitrogens with zero attached hydrogens (tertiary/aromatic N) is 2. The minimum Gasteiger partial charge on any atom is -0.368 e. The molecule has 170 valence electrons. The van der Waals surface area contributed by atoms with Crippen molar-refractivity contribution in [3.8, 4) is 0 Å². The van der Waals surface area contributed by atoms with Crippen LogP contribution in [0.4, 0.5) is 11.5 Å². The Kier molecular flexibility index (Phi) is 6.86. The van der Waals surface area contributed by atoms with Gasteiger partial charge < -0.3 is 15.2 Å². The number of rotatable bonds is 6. The van der Waals surface area contributed by atoms with Gasteiger partial charge >= 0.3 is 0 Å². The van der Waals surface area contributed by atoms with Crippen LogP contribution in [0.15, 0.2) is 35.3 Å². The molecular weight excluding hydrogens is 444 g/mol. The maximum absolute atomic E-state index is 12.4. The molecule has 3 aromatic rings. The van der Waals surface area contributed by atoms with Crippen LogP contribution in [-0.2, 0) is 17.3 Å². The number of hydrogen-bond donors (Lipinski definition) is 2. The van der Waals surface area contributed by atoms with Gasteiger partial charge in [-0.25, -0.2) is 4.98 Å². The molecule has 0 atom stereocenters. The van der Waals surface area contributed by atoms with Crippen molar-refractivity contribution in [2.75, 3.05) is 28.3 Å². The Balaban J connectivity index is 1.70. The molecule has 2 aromatic heterocycles. The lowest BCUT2D eigenvalue weighted by atomic mass is 10.0. The van der Waals surface area contributed by atoms with Gasteiger partial charge in [-0.1, -0.05) is 11.6 Å². The summed E-state index contributed by atoms with van der Waals surface area (Å²) >= 11 is 6.56. The third-order valence-electron chi connectivity index (χ3n) is 6.20. The average Bonchev–Trinajstić information content (AvgIpc) is 2.75. The summed E-state index contributed by atoms with van der Waals surface area (Å²) in [5.41, 5.74) is 3.48. The third kappa shape index (κ3) is 4.69. The van der Waals surface area contributed by atoms with Gasteiger partial charge in [-0.2, -0.15) is 0 Å². The summed E-state index contributed by atoms with van der Waals surface area (Å²) in [6, 6.07) is 8.27. The van der Waals surface area contributed by atoms with Gasteiger partial charge in [0.15, 0.2) is 0 Å². The number of benzene rings is 1. The number of aryl methyl sites for hydroxylation is 2. The van der Waals surface area contributed by atoms with Crippen molar-refractivity contribution in [2.45, 2.75) is 46.2 Å². The van der Waals surface area contributed by atoms with Gasteiger partial charge in [0.05, 0.1) is 0 Å². The molecule has 1 aliphatic heterocycles. The normalized spacial score (nSPS) is 18.6. The Bertz CT molecular complexity index is 1220. The lowest BCUT2D eigenvalue weighted by Crippen LogP contribution is -2.40. The highest BCUT2D eigenvalue weighted by Gasteiger charge is 2.25. The van der Waals surface area contributed by atoms with Crippen molar-refractivity contribution >= 4 is 44.7 Å². The quantitative estimate of drug-likeness (QED) is 0.550. The summed E-state index contributed by atoms with van der Waals surface area (Å²) < 4.78 is 11.9. The first-order valence-corrected chi connectivity index (χ1v) is 12.9. The molecule has 0 spiro atoms. The lowest BCUT2D eigenvalue weighted by molar-refractivity contribution is 0.551. The highest BCUT2D eigenvalue weighted by molar-refractivity contribution is 7.85. The van der Waals surface area contributed by atoms with Crippen LogP contribution in [0.2, 0.25) is 5.02 Å². The van der Waals surface area contributed by atoms with Crippen LogP contribution in [-0.4, -0.2) is 38.3 Å². The van der Waals surface area contributed by atoms with Crippen molar-refractivity contribution in [2.24, 2.45) is 0 Å². The second-order valence-electron chi connectivity index (χ2n) is 8.34. The van der Waals surface area contributed by atoms with Crippen LogP contribution in [0.3, 0.4) is 0 Å². The fraction of sp³-hybridized carbons (Fsp3) is 0.417. The molecule has 0 amide bonds. The average molecular weight is 473 g/mol. The smallest absolute Gasteiger partial charge is 0.253 e. The van der Waals surface area contributed by atoms with E-state index in [9.17, 15) is 9.00 Å². The van der Waals surface area contributed by atoms with Crippen molar-refractivity contribution in [1.82, 2.24) is 9.97 Å². The molecule has 4 rings (SSSR count). The Morgan fingerprint density at radius 3 is 2.66 bits per heavy atom. The van der Waals surface area contributed by atoms with E-state index in [0.29, 0.717) is 29.0 Å². The molecule has 32 heavy (non-hydrogen) atoms. The molecule has 0 saturated carbocycles. The predicted molar refractivity (Wildman–Crippen MR) is 135 cm³/mol. The SMILES string of the molecule is CCN(c1cc(Cl)cc2c(NCc3c(C)cc(C)[nH]c3=O)nccc12)C1CCS(=O)CC1. The maximum atomic E-state index is 12.4. The van der Waals surface area contributed by atoms with Gasteiger partial charge in [-0.3, -0.25) is 9.00 Å². The van der Waals surface area contributed by atoms with E-state index in [-0.39, 0.29) is 5.56 Å². The number of halogens is 1. The molecule has 1 aromatic carbocycles. The first-order valence-electron chi connectivity index (χ1n) is 11.0. The minimum atomic E-state index is -0.698. The molecule has 0 radical (unpaired) electrons. The highest BCUT2D eigenvalue weighted by atomic mass is 35.5. The Morgan fingerprint density at radius 2 is 1.97 bits per heavy atom. The Morgan fingerprint density at radius 1 is 1.22 bits per heavy atom. The summed E-state index contributed by atoms with van der Waals surface area (Å²) in [6.45, 7) is 7.19. The second-order valence-corrected chi connectivity index (χ2v) is 10.5. The number of fused-ring (bicyclic) bond motifs is 1. The number of aromatic nitrogens is 2. The highest BCUT2D eigenvalue weighted by Crippen LogP contribution is 2.36. The molecule has 3 heterocycles. The molecule has 1 aliphatic rings. The largest absolute Gasteiger partial charge is 0.368 e. The van der Waals surface area contributed by atoms with E-state index in [4.69, 9.17) is 11.6 Å². The third-order valence-corrected chi connectivity index (χ3v) is 7.80. The van der Waals surface area contributed by atoms with Crippen LogP contribution in [0, 0.1) is 13.8 Å². The Labute approximate surface area is 195 Å². The second kappa shape index (κ2) is 9.63. The molecule has 6 nitrogen and oxygen atoms in total. The zero-order valence-electron chi connectivity index (χ0n) is 18.7. The number of nitrogens with one attached hydrogen (secondary N) is 2. The zero-order chi connectivity index (χ0) is 22.8. The van der Waals surface area contributed by atoms with Crippen LogP contribution in [0.1, 0.15) is 36.6 Å². The summed E-state index contributed by atoms with van der Waals surface area (Å²) in [4.78, 5) is 22.2. The van der Waals surface area contributed by atoms with E-state index in [0.717, 1.165) is 58.6 Å². The fourth-order valence-corrected chi connectivity index (χ4v) is 6.09. The van der Waals surface area contributed by atoms with Crippen LogP contribution >= 0.6 is 11.6 Å². The first-order chi connectivity index (χ1) is 15.4. The summed E-state index contributed by atoms with van der Waals surface area (Å²) in [5.74, 6) is 2.20. The van der Waals surface area contributed by atoms with Gasteiger partial charge in [-0.05, 0) is 63.4 Å². The molecule has 1 fully saturated rings. The fourth-order valence-electron chi connectivity index (χ4n) is 4.60. The van der Waals surface area contributed by atoms with Crippen LogP contribution in [0.5, 0.6) is 0 Å². The predicted octanol–water partition coefficient (Wildman–Crippen LogP) is 4.54. The molecule has 0 unspecified atom stereocenters. The lowest BCUT2D eigenvalue weighted by Gasteiger charge is -2.36. The standard InChI is InChI=1S/C24H29ClN4O2S/c1-4-29(18-6-9-32(31)10-7-18)22-13-17(25)12-20-19(22)5-8-26-23(20)27-14-21-15(2)11-16(3)28-24(21)30/h5,8,11-13,18H,4,6-7,9-10,14H2,1-3H3,(H,26,27)(H,28,30). The number of hydrogen-bond acceptors (Lipinski definition) is 5. The molecule has 0 aliphatic carbocycles. The van der Waals surface area contributed by atoms with E-state index in [1.165, 1.54) is 0 Å². The summed E-state index contributed by atoms with van der Waals surface area (Å²) in [5, 5.41) is 5.99. The molecule has 2 N–H and O–H groups in total. The molecule has 1 saturated heterocycles. The minimum absolute atomic E-state index is 0.0826. The Hall–Kier alpha value is -2.38. The van der Waals surface area contributed by atoms with Crippen molar-refractivity contribution < 1.29 is 4.21 Å². The summed E-state index contributed by atoms with van der Waals surface area (Å²) in [6.07, 6.45) is 3.62. The molecular formula is C24H29ClN4O2S. The number of anilines is 2.